The summed E-state index contributed by atoms with van der Waals surface area (Å²) in [7, 11) is 1.41. The van der Waals surface area contributed by atoms with Gasteiger partial charge in [0.05, 0.1) is 10.7 Å². The zero-order valence-corrected chi connectivity index (χ0v) is 8.01. The Hall–Kier alpha value is -0.900. The van der Waals surface area contributed by atoms with E-state index in [9.17, 15) is 4.39 Å². The number of halogens is 2. The maximum Gasteiger partial charge on any atom is 0.146 e. The molecule has 0 saturated heterocycles. The van der Waals surface area contributed by atoms with Gasteiger partial charge in [0.15, 0.2) is 0 Å². The summed E-state index contributed by atoms with van der Waals surface area (Å²) in [5.41, 5.74) is 0.395. The molecule has 0 amide bonds. The SMILES string of the molecule is CO/N=C/c1cccc(Br)c1F. The molecule has 2 nitrogen and oxygen atoms in total. The first-order valence-electron chi connectivity index (χ1n) is 3.26. The van der Waals surface area contributed by atoms with Crippen molar-refractivity contribution in [3.05, 3.63) is 34.1 Å². The van der Waals surface area contributed by atoms with Gasteiger partial charge >= 0.3 is 0 Å². The van der Waals surface area contributed by atoms with Crippen LogP contribution in [0.2, 0.25) is 0 Å². The summed E-state index contributed by atoms with van der Waals surface area (Å²) in [6, 6.07) is 4.96. The Morgan fingerprint density at radius 2 is 2.33 bits per heavy atom. The summed E-state index contributed by atoms with van der Waals surface area (Å²) in [5, 5.41) is 3.46. The highest BCUT2D eigenvalue weighted by Gasteiger charge is 2.02. The Morgan fingerprint density at radius 1 is 1.58 bits per heavy atom. The fourth-order valence-corrected chi connectivity index (χ4v) is 1.11. The molecule has 0 unspecified atom stereocenters. The van der Waals surface area contributed by atoms with Gasteiger partial charge in [-0.2, -0.15) is 0 Å². The molecular formula is C8H7BrFNO. The lowest BCUT2D eigenvalue weighted by atomic mass is 10.2. The first kappa shape index (κ1) is 9.19. The van der Waals surface area contributed by atoms with E-state index < -0.39 is 0 Å². The lowest BCUT2D eigenvalue weighted by Crippen LogP contribution is -1.89. The summed E-state index contributed by atoms with van der Waals surface area (Å²) in [6.07, 6.45) is 1.32. The molecule has 0 aromatic heterocycles. The second kappa shape index (κ2) is 4.21. The van der Waals surface area contributed by atoms with Crippen LogP contribution in [-0.4, -0.2) is 13.3 Å². The molecule has 0 fully saturated rings. The average molecular weight is 232 g/mol. The van der Waals surface area contributed by atoms with E-state index in [2.05, 4.69) is 25.9 Å². The average Bonchev–Trinajstić information content (AvgIpc) is 2.08. The third-order valence-corrected chi connectivity index (χ3v) is 1.89. The number of benzene rings is 1. The van der Waals surface area contributed by atoms with Crippen molar-refractivity contribution in [2.45, 2.75) is 0 Å². The summed E-state index contributed by atoms with van der Waals surface area (Å²) >= 11 is 3.06. The monoisotopic (exact) mass is 231 g/mol. The topological polar surface area (TPSA) is 21.6 Å². The normalized spacial score (nSPS) is 10.6. The summed E-state index contributed by atoms with van der Waals surface area (Å²) in [6.45, 7) is 0. The molecule has 0 radical (unpaired) electrons. The predicted molar refractivity (Wildman–Crippen MR) is 48.7 cm³/mol. The quantitative estimate of drug-likeness (QED) is 0.567. The summed E-state index contributed by atoms with van der Waals surface area (Å²) < 4.78 is 13.6. The molecule has 0 saturated carbocycles. The van der Waals surface area contributed by atoms with E-state index in [1.165, 1.54) is 13.3 Å². The second-order valence-corrected chi connectivity index (χ2v) is 2.91. The third kappa shape index (κ3) is 2.04. The zero-order chi connectivity index (χ0) is 8.97. The molecule has 1 aromatic rings. The van der Waals surface area contributed by atoms with Crippen LogP contribution in [0.4, 0.5) is 4.39 Å². The maximum absolute atomic E-state index is 13.1. The summed E-state index contributed by atoms with van der Waals surface area (Å²) in [4.78, 5) is 4.43. The fourth-order valence-electron chi connectivity index (χ4n) is 0.730. The smallest absolute Gasteiger partial charge is 0.146 e. The van der Waals surface area contributed by atoms with Crippen LogP contribution in [-0.2, 0) is 4.84 Å². The minimum atomic E-state index is -0.335. The standard InChI is InChI=1S/C8H7BrFNO/c1-12-11-5-6-3-2-4-7(9)8(6)10/h2-5H,1H3/b11-5+. The molecule has 12 heavy (non-hydrogen) atoms. The van der Waals surface area contributed by atoms with E-state index in [-0.39, 0.29) is 5.82 Å². The number of hydrogen-bond acceptors (Lipinski definition) is 2. The number of nitrogens with zero attached hydrogens (tertiary/aromatic N) is 1. The molecule has 0 bridgehead atoms. The van der Waals surface area contributed by atoms with Crippen LogP contribution in [0.5, 0.6) is 0 Å². The summed E-state index contributed by atoms with van der Waals surface area (Å²) in [5.74, 6) is -0.335. The van der Waals surface area contributed by atoms with Crippen molar-refractivity contribution in [1.82, 2.24) is 0 Å². The van der Waals surface area contributed by atoms with Crippen LogP contribution < -0.4 is 0 Å². The Bertz CT molecular complexity index is 301. The molecule has 64 valence electrons. The second-order valence-electron chi connectivity index (χ2n) is 2.06. The molecule has 0 atom stereocenters. The third-order valence-electron chi connectivity index (χ3n) is 1.28. The predicted octanol–water partition coefficient (Wildman–Crippen LogP) is 2.57. The van der Waals surface area contributed by atoms with Crippen molar-refractivity contribution in [3.8, 4) is 0 Å². The van der Waals surface area contributed by atoms with Gasteiger partial charge in [0, 0.05) is 5.56 Å². The molecule has 0 aliphatic rings. The lowest BCUT2D eigenvalue weighted by molar-refractivity contribution is 0.215. The lowest BCUT2D eigenvalue weighted by Gasteiger charge is -1.96. The number of hydrogen-bond donors (Lipinski definition) is 0. The van der Waals surface area contributed by atoms with Gasteiger partial charge in [0.2, 0.25) is 0 Å². The highest BCUT2D eigenvalue weighted by atomic mass is 79.9. The van der Waals surface area contributed by atoms with Crippen molar-refractivity contribution in [2.75, 3.05) is 7.11 Å². The highest BCUT2D eigenvalue weighted by Crippen LogP contribution is 2.16. The number of rotatable bonds is 2. The minimum Gasteiger partial charge on any atom is -0.399 e. The molecule has 0 aliphatic carbocycles. The first-order chi connectivity index (χ1) is 5.75. The van der Waals surface area contributed by atoms with Crippen LogP contribution in [0.1, 0.15) is 5.56 Å². The molecule has 0 N–H and O–H groups in total. The van der Waals surface area contributed by atoms with Gasteiger partial charge in [0.25, 0.3) is 0 Å². The van der Waals surface area contributed by atoms with Crippen molar-refractivity contribution >= 4 is 22.1 Å². The van der Waals surface area contributed by atoms with E-state index >= 15 is 0 Å². The van der Waals surface area contributed by atoms with Gasteiger partial charge < -0.3 is 4.84 Å². The van der Waals surface area contributed by atoms with Crippen LogP contribution in [0.25, 0.3) is 0 Å². The minimum absolute atomic E-state index is 0.335. The molecule has 0 spiro atoms. The van der Waals surface area contributed by atoms with Gasteiger partial charge in [-0.15, -0.1) is 0 Å². The molecule has 0 aliphatic heterocycles. The zero-order valence-electron chi connectivity index (χ0n) is 6.42. The molecule has 1 aromatic carbocycles. The Balaban J connectivity index is 3.00. The maximum atomic E-state index is 13.1. The first-order valence-corrected chi connectivity index (χ1v) is 4.05. The van der Waals surface area contributed by atoms with E-state index in [0.717, 1.165) is 0 Å². The van der Waals surface area contributed by atoms with Crippen molar-refractivity contribution in [3.63, 3.8) is 0 Å². The van der Waals surface area contributed by atoms with Crippen molar-refractivity contribution < 1.29 is 9.23 Å². The van der Waals surface area contributed by atoms with Gasteiger partial charge in [0.1, 0.15) is 12.9 Å². The Labute approximate surface area is 78.2 Å². The molecule has 1 rings (SSSR count). The molecule has 4 heteroatoms. The van der Waals surface area contributed by atoms with E-state index in [0.29, 0.717) is 10.0 Å². The van der Waals surface area contributed by atoms with Crippen molar-refractivity contribution in [1.29, 1.82) is 0 Å². The van der Waals surface area contributed by atoms with Gasteiger partial charge in [-0.3, -0.25) is 0 Å². The number of oxime groups is 1. The Morgan fingerprint density at radius 3 is 3.00 bits per heavy atom. The molecular weight excluding hydrogens is 225 g/mol. The van der Waals surface area contributed by atoms with Gasteiger partial charge in [-0.25, -0.2) is 4.39 Å². The largest absolute Gasteiger partial charge is 0.399 e. The van der Waals surface area contributed by atoms with E-state index in [1.54, 1.807) is 18.2 Å². The van der Waals surface area contributed by atoms with Crippen molar-refractivity contribution in [2.24, 2.45) is 5.16 Å². The van der Waals surface area contributed by atoms with E-state index in [4.69, 9.17) is 0 Å². The van der Waals surface area contributed by atoms with Crippen LogP contribution in [0.3, 0.4) is 0 Å². The fraction of sp³-hybridized carbons (Fsp3) is 0.125. The van der Waals surface area contributed by atoms with Gasteiger partial charge in [-0.05, 0) is 22.0 Å². The van der Waals surface area contributed by atoms with Crippen LogP contribution in [0, 0.1) is 5.82 Å². The Kier molecular flexibility index (Phi) is 3.22. The van der Waals surface area contributed by atoms with Crippen LogP contribution in [0.15, 0.2) is 27.8 Å². The van der Waals surface area contributed by atoms with Crippen LogP contribution >= 0.6 is 15.9 Å². The van der Waals surface area contributed by atoms with E-state index in [1.807, 2.05) is 0 Å². The highest BCUT2D eigenvalue weighted by molar-refractivity contribution is 9.10. The molecule has 0 heterocycles. The van der Waals surface area contributed by atoms with Gasteiger partial charge in [-0.1, -0.05) is 17.3 Å².